The summed E-state index contributed by atoms with van der Waals surface area (Å²) >= 11 is 4.82. The summed E-state index contributed by atoms with van der Waals surface area (Å²) in [6.45, 7) is 3.57. The van der Waals surface area contributed by atoms with Gasteiger partial charge < -0.3 is 9.73 Å². The molecule has 2 aromatic heterocycles. The normalized spacial score (nSPS) is 11.0. The van der Waals surface area contributed by atoms with Crippen LogP contribution in [0.4, 0.5) is 5.69 Å². The van der Waals surface area contributed by atoms with Gasteiger partial charge in [0.05, 0.1) is 0 Å². The second kappa shape index (κ2) is 8.70. The number of aromatic nitrogens is 2. The minimum Gasteiger partial charge on any atom is -0.423 e. The quantitative estimate of drug-likeness (QED) is 0.459. The Labute approximate surface area is 162 Å². The molecule has 0 bridgehead atoms. The van der Waals surface area contributed by atoms with Crippen LogP contribution in [0.1, 0.15) is 25.8 Å². The number of nitrogens with zero attached hydrogens (tertiary/aromatic N) is 2. The van der Waals surface area contributed by atoms with Gasteiger partial charge in [0.15, 0.2) is 8.68 Å². The molecule has 0 atom stereocenters. The van der Waals surface area contributed by atoms with E-state index in [2.05, 4.69) is 22.4 Å². The van der Waals surface area contributed by atoms with Gasteiger partial charge in [0.2, 0.25) is 5.91 Å². The average molecular weight is 408 g/mol. The smallest absolute Gasteiger partial charge is 0.336 e. The van der Waals surface area contributed by atoms with Gasteiger partial charge in [-0.05, 0) is 24.1 Å². The number of carbonyl (C=O) groups is 1. The number of amides is 1. The number of rotatable bonds is 7. The highest BCUT2D eigenvalue weighted by atomic mass is 32.2. The van der Waals surface area contributed by atoms with E-state index >= 15 is 0 Å². The molecule has 3 aromatic rings. The molecule has 0 saturated heterocycles. The first-order valence-electron chi connectivity index (χ1n) is 7.98. The fourth-order valence-electron chi connectivity index (χ4n) is 2.27. The van der Waals surface area contributed by atoms with Gasteiger partial charge in [-0.3, -0.25) is 4.79 Å². The highest BCUT2D eigenvalue weighted by Crippen LogP contribution is 2.32. The van der Waals surface area contributed by atoms with Crippen molar-refractivity contribution < 1.29 is 9.21 Å². The van der Waals surface area contributed by atoms with Crippen LogP contribution < -0.4 is 10.9 Å². The average Bonchev–Trinajstić information content (AvgIpc) is 3.04. The topological polar surface area (TPSA) is 85.1 Å². The second-order valence-corrected chi connectivity index (χ2v) is 9.00. The molecule has 0 saturated carbocycles. The van der Waals surface area contributed by atoms with Gasteiger partial charge in [-0.2, -0.15) is 0 Å². The SMILES string of the molecule is CCCSc1nnc(SCc2cc(=O)oc3cc(NC(C)=O)ccc23)s1. The van der Waals surface area contributed by atoms with E-state index in [-0.39, 0.29) is 5.91 Å². The van der Waals surface area contributed by atoms with Crippen LogP contribution >= 0.6 is 34.9 Å². The molecule has 136 valence electrons. The Morgan fingerprint density at radius 1 is 1.23 bits per heavy atom. The van der Waals surface area contributed by atoms with Gasteiger partial charge >= 0.3 is 5.63 Å². The molecule has 1 N–H and O–H groups in total. The van der Waals surface area contributed by atoms with Crippen LogP contribution in [0.3, 0.4) is 0 Å². The molecular formula is C17H17N3O3S3. The number of hydrogen-bond donors (Lipinski definition) is 1. The molecule has 2 heterocycles. The van der Waals surface area contributed by atoms with E-state index in [4.69, 9.17) is 4.42 Å². The predicted octanol–water partition coefficient (Wildman–Crippen LogP) is 4.40. The summed E-state index contributed by atoms with van der Waals surface area (Å²) in [4.78, 5) is 23.1. The van der Waals surface area contributed by atoms with Gasteiger partial charge in [0.25, 0.3) is 0 Å². The van der Waals surface area contributed by atoms with Crippen LogP contribution in [0.15, 0.2) is 42.2 Å². The Bertz CT molecular complexity index is 984. The van der Waals surface area contributed by atoms with Crippen molar-refractivity contribution in [3.05, 3.63) is 40.2 Å². The Kier molecular flexibility index (Phi) is 6.33. The highest BCUT2D eigenvalue weighted by Gasteiger charge is 2.10. The lowest BCUT2D eigenvalue weighted by Crippen LogP contribution is -2.06. The molecule has 0 fully saturated rings. The summed E-state index contributed by atoms with van der Waals surface area (Å²) in [7, 11) is 0. The van der Waals surface area contributed by atoms with Gasteiger partial charge in [-0.15, -0.1) is 10.2 Å². The predicted molar refractivity (Wildman–Crippen MR) is 107 cm³/mol. The molecule has 0 aliphatic heterocycles. The van der Waals surface area contributed by atoms with E-state index in [0.29, 0.717) is 17.0 Å². The zero-order valence-corrected chi connectivity index (χ0v) is 16.7. The maximum Gasteiger partial charge on any atom is 0.336 e. The third kappa shape index (κ3) is 4.87. The Morgan fingerprint density at radius 3 is 2.73 bits per heavy atom. The maximum absolute atomic E-state index is 11.9. The molecular weight excluding hydrogens is 390 g/mol. The summed E-state index contributed by atoms with van der Waals surface area (Å²) in [5, 5.41) is 11.9. The van der Waals surface area contributed by atoms with Crippen molar-refractivity contribution in [2.75, 3.05) is 11.1 Å². The van der Waals surface area contributed by atoms with Gasteiger partial charge in [-0.25, -0.2) is 4.79 Å². The monoisotopic (exact) mass is 407 g/mol. The fraction of sp³-hybridized carbons (Fsp3) is 0.294. The van der Waals surface area contributed by atoms with Crippen LogP contribution in [0.5, 0.6) is 0 Å². The van der Waals surface area contributed by atoms with E-state index in [1.54, 1.807) is 47.0 Å². The summed E-state index contributed by atoms with van der Waals surface area (Å²) in [5.74, 6) is 1.45. The third-order valence-corrected chi connectivity index (χ3v) is 6.76. The first-order valence-corrected chi connectivity index (χ1v) is 10.8. The van der Waals surface area contributed by atoms with Crippen LogP contribution in [0.25, 0.3) is 11.0 Å². The highest BCUT2D eigenvalue weighted by molar-refractivity contribution is 8.02. The molecule has 0 radical (unpaired) electrons. The van der Waals surface area contributed by atoms with Crippen LogP contribution in [-0.4, -0.2) is 21.9 Å². The summed E-state index contributed by atoms with van der Waals surface area (Å²) < 4.78 is 7.12. The van der Waals surface area contributed by atoms with E-state index < -0.39 is 5.63 Å². The van der Waals surface area contributed by atoms with Crippen molar-refractivity contribution in [2.24, 2.45) is 0 Å². The largest absolute Gasteiger partial charge is 0.423 e. The number of benzene rings is 1. The van der Waals surface area contributed by atoms with Crippen molar-refractivity contribution >= 4 is 57.4 Å². The third-order valence-electron chi connectivity index (χ3n) is 3.32. The van der Waals surface area contributed by atoms with Crippen molar-refractivity contribution in [3.8, 4) is 0 Å². The van der Waals surface area contributed by atoms with Crippen LogP contribution in [-0.2, 0) is 10.5 Å². The van der Waals surface area contributed by atoms with E-state index in [1.165, 1.54) is 13.0 Å². The van der Waals surface area contributed by atoms with Gasteiger partial charge in [-0.1, -0.05) is 41.8 Å². The molecule has 1 aromatic carbocycles. The van der Waals surface area contributed by atoms with Crippen molar-refractivity contribution in [2.45, 2.75) is 34.7 Å². The minimum atomic E-state index is -0.412. The molecule has 0 aliphatic rings. The molecule has 26 heavy (non-hydrogen) atoms. The fourth-order valence-corrected chi connectivity index (χ4v) is 5.21. The Morgan fingerprint density at radius 2 is 2.00 bits per heavy atom. The molecule has 6 nitrogen and oxygen atoms in total. The zero-order valence-electron chi connectivity index (χ0n) is 14.3. The number of carbonyl (C=O) groups excluding carboxylic acids is 1. The molecule has 0 spiro atoms. The number of fused-ring (bicyclic) bond motifs is 1. The van der Waals surface area contributed by atoms with Crippen molar-refractivity contribution in [3.63, 3.8) is 0 Å². The van der Waals surface area contributed by atoms with Crippen molar-refractivity contribution in [1.82, 2.24) is 10.2 Å². The van der Waals surface area contributed by atoms with E-state index in [9.17, 15) is 9.59 Å². The molecule has 1 amide bonds. The second-order valence-electron chi connectivity index (χ2n) is 5.45. The Hall–Kier alpha value is -1.84. The Balaban J connectivity index is 1.79. The van der Waals surface area contributed by atoms with Gasteiger partial charge in [0.1, 0.15) is 5.58 Å². The zero-order chi connectivity index (χ0) is 18.5. The minimum absolute atomic E-state index is 0.175. The first kappa shape index (κ1) is 18.9. The lowest BCUT2D eigenvalue weighted by Gasteiger charge is -2.06. The summed E-state index contributed by atoms with van der Waals surface area (Å²) in [6, 6.07) is 6.81. The lowest BCUT2D eigenvalue weighted by atomic mass is 10.1. The van der Waals surface area contributed by atoms with E-state index in [0.717, 1.165) is 31.8 Å². The summed E-state index contributed by atoms with van der Waals surface area (Å²) in [6.07, 6.45) is 1.10. The first-order chi connectivity index (χ1) is 12.5. The number of anilines is 1. The van der Waals surface area contributed by atoms with Crippen LogP contribution in [0, 0.1) is 0 Å². The molecule has 0 aliphatic carbocycles. The molecule has 9 heteroatoms. The van der Waals surface area contributed by atoms with Crippen molar-refractivity contribution in [1.29, 1.82) is 0 Å². The number of hydrogen-bond acceptors (Lipinski definition) is 8. The number of nitrogens with one attached hydrogen (secondary N) is 1. The molecule has 3 rings (SSSR count). The maximum atomic E-state index is 11.9. The van der Waals surface area contributed by atoms with E-state index in [1.807, 2.05) is 6.07 Å². The van der Waals surface area contributed by atoms with Crippen LogP contribution in [0.2, 0.25) is 0 Å². The molecule has 0 unspecified atom stereocenters. The summed E-state index contributed by atoms with van der Waals surface area (Å²) in [5.41, 5.74) is 1.51. The number of thioether (sulfide) groups is 2. The lowest BCUT2D eigenvalue weighted by molar-refractivity contribution is -0.114. The van der Waals surface area contributed by atoms with Gasteiger partial charge in [0, 0.05) is 41.6 Å². The standard InChI is InChI=1S/C17H17N3O3S3/c1-3-6-24-16-19-20-17(26-16)25-9-11-7-15(22)23-14-8-12(18-10(2)21)4-5-13(11)14/h4-5,7-8H,3,6,9H2,1-2H3,(H,18,21).